The fraction of sp³-hybridized carbons (Fsp3) is 0.900. The van der Waals surface area contributed by atoms with E-state index in [1.807, 2.05) is 20.8 Å². The van der Waals surface area contributed by atoms with Gasteiger partial charge in [0.1, 0.15) is 5.60 Å². The molecular formula is C20H42N4O3. The summed E-state index contributed by atoms with van der Waals surface area (Å²) in [6.45, 7) is 10.2. The number of carbonyl (C=O) groups is 1. The lowest BCUT2D eigenvalue weighted by Crippen LogP contribution is -2.41. The molecule has 0 aromatic carbocycles. The Morgan fingerprint density at radius 3 is 2.30 bits per heavy atom. The summed E-state index contributed by atoms with van der Waals surface area (Å²) in [7, 11) is 5.64. The van der Waals surface area contributed by atoms with Gasteiger partial charge in [-0.2, -0.15) is 0 Å². The molecule has 0 aromatic heterocycles. The number of methoxy groups -OCH3 is 1. The maximum atomic E-state index is 11.6. The SMILES string of the molecule is CN=C(NCCCCCCC(=O)OC(C)(C)C)NCCN(C)CCCOC. The van der Waals surface area contributed by atoms with Gasteiger partial charge in [-0.05, 0) is 47.1 Å². The summed E-state index contributed by atoms with van der Waals surface area (Å²) in [4.78, 5) is 18.2. The molecule has 160 valence electrons. The van der Waals surface area contributed by atoms with E-state index in [4.69, 9.17) is 9.47 Å². The third-order valence-corrected chi connectivity index (χ3v) is 3.92. The molecule has 0 rings (SSSR count). The van der Waals surface area contributed by atoms with Crippen LogP contribution in [0, 0.1) is 0 Å². The van der Waals surface area contributed by atoms with Crippen molar-refractivity contribution in [3.63, 3.8) is 0 Å². The van der Waals surface area contributed by atoms with Gasteiger partial charge in [0.05, 0.1) is 0 Å². The van der Waals surface area contributed by atoms with Crippen LogP contribution in [0.15, 0.2) is 4.99 Å². The maximum absolute atomic E-state index is 11.6. The van der Waals surface area contributed by atoms with Crippen molar-refractivity contribution < 1.29 is 14.3 Å². The van der Waals surface area contributed by atoms with E-state index < -0.39 is 0 Å². The van der Waals surface area contributed by atoms with E-state index in [9.17, 15) is 4.79 Å². The Morgan fingerprint density at radius 2 is 1.67 bits per heavy atom. The number of likely N-dealkylation sites (N-methyl/N-ethyl adjacent to an activating group) is 1. The molecule has 7 heteroatoms. The molecule has 0 bridgehead atoms. The molecule has 0 aliphatic carbocycles. The van der Waals surface area contributed by atoms with Crippen LogP contribution >= 0.6 is 0 Å². The number of rotatable bonds is 14. The summed E-state index contributed by atoms with van der Waals surface area (Å²) in [6.07, 6.45) is 5.64. The number of unbranched alkanes of at least 4 members (excludes halogenated alkanes) is 3. The summed E-state index contributed by atoms with van der Waals surface area (Å²) < 4.78 is 10.4. The van der Waals surface area contributed by atoms with Gasteiger partial charge in [0.15, 0.2) is 5.96 Å². The number of hydrogen-bond donors (Lipinski definition) is 2. The van der Waals surface area contributed by atoms with Gasteiger partial charge in [-0.15, -0.1) is 0 Å². The highest BCUT2D eigenvalue weighted by atomic mass is 16.6. The van der Waals surface area contributed by atoms with Crippen molar-refractivity contribution in [2.24, 2.45) is 4.99 Å². The van der Waals surface area contributed by atoms with Crippen LogP contribution in [-0.4, -0.2) is 76.4 Å². The number of ether oxygens (including phenoxy) is 2. The number of nitrogens with zero attached hydrogens (tertiary/aromatic N) is 2. The predicted octanol–water partition coefficient (Wildman–Crippen LogP) is 2.41. The van der Waals surface area contributed by atoms with Gasteiger partial charge in [0.2, 0.25) is 0 Å². The molecule has 0 spiro atoms. The minimum Gasteiger partial charge on any atom is -0.460 e. The highest BCUT2D eigenvalue weighted by molar-refractivity contribution is 5.79. The Labute approximate surface area is 166 Å². The topological polar surface area (TPSA) is 75.2 Å². The van der Waals surface area contributed by atoms with Crippen LogP contribution in [0.2, 0.25) is 0 Å². The Balaban J connectivity index is 3.62. The van der Waals surface area contributed by atoms with Gasteiger partial charge < -0.3 is 25.0 Å². The second kappa shape index (κ2) is 15.7. The number of hydrogen-bond acceptors (Lipinski definition) is 5. The molecule has 27 heavy (non-hydrogen) atoms. The molecule has 0 radical (unpaired) electrons. The van der Waals surface area contributed by atoms with Crippen LogP contribution in [0.25, 0.3) is 0 Å². The summed E-state index contributed by atoms with van der Waals surface area (Å²) >= 11 is 0. The zero-order valence-electron chi connectivity index (χ0n) is 18.4. The quantitative estimate of drug-likeness (QED) is 0.207. The normalized spacial score (nSPS) is 12.3. The fourth-order valence-corrected chi connectivity index (χ4v) is 2.52. The van der Waals surface area contributed by atoms with Gasteiger partial charge in [0.25, 0.3) is 0 Å². The Kier molecular flexibility index (Phi) is 14.9. The van der Waals surface area contributed by atoms with Crippen molar-refractivity contribution in [1.29, 1.82) is 0 Å². The van der Waals surface area contributed by atoms with Crippen LogP contribution in [0.4, 0.5) is 0 Å². The third kappa shape index (κ3) is 17.8. The standard InChI is InChI=1S/C20H42N4O3/c1-20(2,3)27-18(25)12-9-7-8-10-13-22-19(21-4)23-14-16-24(5)15-11-17-26-6/h7-17H2,1-6H3,(H2,21,22,23). The molecule has 2 N–H and O–H groups in total. The summed E-state index contributed by atoms with van der Waals surface area (Å²) in [6, 6.07) is 0. The Hall–Kier alpha value is -1.34. The zero-order chi connectivity index (χ0) is 20.5. The van der Waals surface area contributed by atoms with Crippen molar-refractivity contribution in [3.05, 3.63) is 0 Å². The fourth-order valence-electron chi connectivity index (χ4n) is 2.52. The van der Waals surface area contributed by atoms with Crippen LogP contribution in [0.1, 0.15) is 59.3 Å². The molecule has 0 aromatic rings. The smallest absolute Gasteiger partial charge is 0.306 e. The summed E-state index contributed by atoms with van der Waals surface area (Å²) in [5.41, 5.74) is -0.386. The van der Waals surface area contributed by atoms with Crippen LogP contribution in [0.3, 0.4) is 0 Å². The number of carbonyl (C=O) groups excluding carboxylic acids is 1. The number of esters is 1. The average molecular weight is 387 g/mol. The van der Waals surface area contributed by atoms with Crippen molar-refractivity contribution in [3.8, 4) is 0 Å². The molecule has 0 fully saturated rings. The highest BCUT2D eigenvalue weighted by Gasteiger charge is 2.15. The lowest BCUT2D eigenvalue weighted by Gasteiger charge is -2.19. The van der Waals surface area contributed by atoms with E-state index in [0.717, 1.165) is 70.8 Å². The first-order chi connectivity index (χ1) is 12.8. The van der Waals surface area contributed by atoms with E-state index in [0.29, 0.717) is 6.42 Å². The molecule has 0 amide bonds. The first-order valence-corrected chi connectivity index (χ1v) is 10.1. The van der Waals surface area contributed by atoms with E-state index in [-0.39, 0.29) is 11.6 Å². The molecule has 0 aliphatic rings. The lowest BCUT2D eigenvalue weighted by molar-refractivity contribution is -0.154. The third-order valence-electron chi connectivity index (χ3n) is 3.92. The minimum atomic E-state index is -0.386. The molecule has 0 unspecified atom stereocenters. The predicted molar refractivity (Wildman–Crippen MR) is 112 cm³/mol. The highest BCUT2D eigenvalue weighted by Crippen LogP contribution is 2.10. The van der Waals surface area contributed by atoms with Gasteiger partial charge in [-0.3, -0.25) is 9.79 Å². The summed E-state index contributed by atoms with van der Waals surface area (Å²) in [5.74, 6) is 0.742. The van der Waals surface area contributed by atoms with Gasteiger partial charge in [-0.1, -0.05) is 12.8 Å². The first kappa shape index (κ1) is 25.7. The van der Waals surface area contributed by atoms with E-state index in [1.54, 1.807) is 14.2 Å². The molecule has 0 heterocycles. The number of guanidine groups is 1. The van der Waals surface area contributed by atoms with Gasteiger partial charge in [0, 0.05) is 53.4 Å². The van der Waals surface area contributed by atoms with E-state index in [2.05, 4.69) is 27.6 Å². The second-order valence-corrected chi connectivity index (χ2v) is 7.83. The van der Waals surface area contributed by atoms with Gasteiger partial charge in [-0.25, -0.2) is 0 Å². The molecule has 0 saturated carbocycles. The van der Waals surface area contributed by atoms with Crippen molar-refractivity contribution in [2.75, 3.05) is 54.0 Å². The molecule has 7 nitrogen and oxygen atoms in total. The monoisotopic (exact) mass is 386 g/mol. The number of aliphatic imine (C=N–C) groups is 1. The largest absolute Gasteiger partial charge is 0.460 e. The second-order valence-electron chi connectivity index (χ2n) is 7.83. The molecule has 0 atom stereocenters. The van der Waals surface area contributed by atoms with Crippen molar-refractivity contribution in [2.45, 2.75) is 64.9 Å². The Bertz CT molecular complexity index is 409. The van der Waals surface area contributed by atoms with Crippen LogP contribution in [-0.2, 0) is 14.3 Å². The van der Waals surface area contributed by atoms with Crippen molar-refractivity contribution >= 4 is 11.9 Å². The molecule has 0 saturated heterocycles. The minimum absolute atomic E-state index is 0.0996. The first-order valence-electron chi connectivity index (χ1n) is 10.1. The van der Waals surface area contributed by atoms with Crippen LogP contribution < -0.4 is 10.6 Å². The molecular weight excluding hydrogens is 344 g/mol. The van der Waals surface area contributed by atoms with Gasteiger partial charge >= 0.3 is 5.97 Å². The lowest BCUT2D eigenvalue weighted by atomic mass is 10.1. The average Bonchev–Trinajstić information content (AvgIpc) is 2.58. The zero-order valence-corrected chi connectivity index (χ0v) is 18.4. The molecule has 0 aliphatic heterocycles. The van der Waals surface area contributed by atoms with Crippen LogP contribution in [0.5, 0.6) is 0 Å². The Morgan fingerprint density at radius 1 is 1.00 bits per heavy atom. The number of nitrogens with one attached hydrogen (secondary N) is 2. The van der Waals surface area contributed by atoms with E-state index >= 15 is 0 Å². The maximum Gasteiger partial charge on any atom is 0.306 e. The van der Waals surface area contributed by atoms with Crippen molar-refractivity contribution in [1.82, 2.24) is 15.5 Å². The van der Waals surface area contributed by atoms with E-state index in [1.165, 1.54) is 0 Å². The summed E-state index contributed by atoms with van der Waals surface area (Å²) in [5, 5.41) is 6.67.